The number of hydrogen-bond donors (Lipinski definition) is 1. The van der Waals surface area contributed by atoms with Crippen molar-refractivity contribution in [2.24, 2.45) is 0 Å². The van der Waals surface area contributed by atoms with E-state index < -0.39 is 6.09 Å². The van der Waals surface area contributed by atoms with E-state index in [1.807, 2.05) is 27.7 Å². The molecule has 0 heterocycles. The van der Waals surface area contributed by atoms with Gasteiger partial charge in [0, 0.05) is 24.8 Å². The third-order valence-electron chi connectivity index (χ3n) is 3.41. The Morgan fingerprint density at radius 3 is 2.42 bits per heavy atom. The van der Waals surface area contributed by atoms with Gasteiger partial charge in [-0.25, -0.2) is 9.59 Å². The molecule has 1 rings (SSSR count). The Hall–Kier alpha value is -2.24. The molecule has 0 saturated heterocycles. The molecule has 0 aliphatic carbocycles. The molecule has 0 aliphatic heterocycles. The van der Waals surface area contributed by atoms with Crippen molar-refractivity contribution in [1.82, 2.24) is 4.90 Å². The molecule has 0 aliphatic rings. The maximum atomic E-state index is 12.2. The number of ether oxygens (including phenoxy) is 2. The highest BCUT2D eigenvalue weighted by Crippen LogP contribution is 2.19. The van der Waals surface area contributed by atoms with Gasteiger partial charge in [0.15, 0.2) is 0 Å². The van der Waals surface area contributed by atoms with E-state index in [0.29, 0.717) is 24.5 Å². The molecule has 1 aromatic carbocycles. The molecule has 0 saturated carbocycles. The number of nitrogens with zero attached hydrogens (tertiary/aromatic N) is 1. The first-order valence-corrected chi connectivity index (χ1v) is 8.54. The summed E-state index contributed by atoms with van der Waals surface area (Å²) >= 11 is 0. The van der Waals surface area contributed by atoms with Crippen molar-refractivity contribution in [2.75, 3.05) is 18.4 Å². The van der Waals surface area contributed by atoms with Gasteiger partial charge in [-0.05, 0) is 38.3 Å². The van der Waals surface area contributed by atoms with Crippen LogP contribution in [0.3, 0.4) is 0 Å². The summed E-state index contributed by atoms with van der Waals surface area (Å²) in [6.45, 7) is 9.12. The predicted octanol–water partition coefficient (Wildman–Crippen LogP) is 4.65. The number of amides is 2. The van der Waals surface area contributed by atoms with Crippen LogP contribution in [0.25, 0.3) is 0 Å². The average molecular weight is 336 g/mol. The minimum Gasteiger partial charge on any atom is -0.446 e. The second kappa shape index (κ2) is 10.5. The Morgan fingerprint density at radius 1 is 1.17 bits per heavy atom. The first kappa shape index (κ1) is 19.8. The minimum atomic E-state index is -0.522. The van der Waals surface area contributed by atoms with Crippen LogP contribution in [0.5, 0.6) is 5.75 Å². The van der Waals surface area contributed by atoms with Crippen LogP contribution >= 0.6 is 0 Å². The molecular formula is C18H28N2O4. The normalized spacial score (nSPS) is 11.5. The molecule has 1 N–H and O–H groups in total. The molecule has 1 aromatic rings. The number of anilines is 1. The fourth-order valence-corrected chi connectivity index (χ4v) is 2.05. The van der Waals surface area contributed by atoms with Gasteiger partial charge < -0.3 is 14.4 Å². The Labute approximate surface area is 144 Å². The van der Waals surface area contributed by atoms with Gasteiger partial charge in [-0.1, -0.05) is 26.8 Å². The molecule has 0 bridgehead atoms. The first-order valence-electron chi connectivity index (χ1n) is 8.54. The fourth-order valence-electron chi connectivity index (χ4n) is 2.05. The molecule has 6 nitrogen and oxygen atoms in total. The van der Waals surface area contributed by atoms with Crippen molar-refractivity contribution >= 4 is 17.9 Å². The summed E-state index contributed by atoms with van der Waals surface area (Å²) in [6.07, 6.45) is 1.44. The van der Waals surface area contributed by atoms with Gasteiger partial charge in [0.1, 0.15) is 11.9 Å². The summed E-state index contributed by atoms with van der Waals surface area (Å²) in [5.74, 6) is 0.388. The monoisotopic (exact) mass is 336 g/mol. The molecule has 134 valence electrons. The zero-order chi connectivity index (χ0) is 17.9. The lowest BCUT2D eigenvalue weighted by molar-refractivity contribution is 0.118. The molecule has 1 atom stereocenters. The topological polar surface area (TPSA) is 67.9 Å². The summed E-state index contributed by atoms with van der Waals surface area (Å²) in [5, 5.41) is 2.63. The van der Waals surface area contributed by atoms with E-state index >= 15 is 0 Å². The quantitative estimate of drug-likeness (QED) is 0.750. The molecule has 2 amide bonds. The number of carbonyl (C=O) groups is 2. The highest BCUT2D eigenvalue weighted by molar-refractivity contribution is 5.85. The molecule has 6 heteroatoms. The Balaban J connectivity index is 2.67. The molecule has 0 radical (unpaired) electrons. The summed E-state index contributed by atoms with van der Waals surface area (Å²) in [4.78, 5) is 25.6. The zero-order valence-corrected chi connectivity index (χ0v) is 15.0. The predicted molar refractivity (Wildman–Crippen MR) is 94.5 cm³/mol. The number of hydrogen-bond acceptors (Lipinski definition) is 4. The van der Waals surface area contributed by atoms with Crippen LogP contribution in [0.15, 0.2) is 24.3 Å². The van der Waals surface area contributed by atoms with Gasteiger partial charge in [-0.15, -0.1) is 0 Å². The smallest absolute Gasteiger partial charge is 0.415 e. The van der Waals surface area contributed by atoms with Gasteiger partial charge in [0.2, 0.25) is 0 Å². The first-order chi connectivity index (χ1) is 11.5. The van der Waals surface area contributed by atoms with E-state index in [1.165, 1.54) is 0 Å². The van der Waals surface area contributed by atoms with Crippen LogP contribution in [0.4, 0.5) is 15.3 Å². The third-order valence-corrected chi connectivity index (χ3v) is 3.41. The van der Waals surface area contributed by atoms with Gasteiger partial charge in [0.25, 0.3) is 0 Å². The SMILES string of the molecule is CCCN(CCC)C(=O)Oc1cccc(NC(=O)OC(C)CC)c1. The average Bonchev–Trinajstić information content (AvgIpc) is 2.54. The van der Waals surface area contributed by atoms with Gasteiger partial charge in [-0.3, -0.25) is 5.32 Å². The van der Waals surface area contributed by atoms with Crippen LogP contribution in [0.2, 0.25) is 0 Å². The second-order valence-corrected chi connectivity index (χ2v) is 5.63. The van der Waals surface area contributed by atoms with Crippen LogP contribution in [0.1, 0.15) is 47.0 Å². The number of benzene rings is 1. The molecule has 24 heavy (non-hydrogen) atoms. The number of nitrogens with one attached hydrogen (secondary N) is 1. The van der Waals surface area contributed by atoms with E-state index in [9.17, 15) is 9.59 Å². The van der Waals surface area contributed by atoms with E-state index in [1.54, 1.807) is 29.2 Å². The lowest BCUT2D eigenvalue weighted by atomic mass is 10.3. The minimum absolute atomic E-state index is 0.150. The number of rotatable bonds is 8. The van der Waals surface area contributed by atoms with Crippen LogP contribution in [0, 0.1) is 0 Å². The molecule has 1 unspecified atom stereocenters. The van der Waals surface area contributed by atoms with Crippen molar-refractivity contribution in [3.63, 3.8) is 0 Å². The molecule has 0 spiro atoms. The standard InChI is InChI=1S/C18H28N2O4/c1-5-11-20(12-6-2)18(22)24-16-10-8-9-15(13-16)19-17(21)23-14(4)7-3/h8-10,13-14H,5-7,11-12H2,1-4H3,(H,19,21). The van der Waals surface area contributed by atoms with E-state index in [0.717, 1.165) is 19.3 Å². The van der Waals surface area contributed by atoms with E-state index in [2.05, 4.69) is 5.32 Å². The summed E-state index contributed by atoms with van der Waals surface area (Å²) in [5.41, 5.74) is 0.520. The lowest BCUT2D eigenvalue weighted by Crippen LogP contribution is -2.34. The van der Waals surface area contributed by atoms with Crippen LogP contribution < -0.4 is 10.1 Å². The largest absolute Gasteiger partial charge is 0.446 e. The maximum Gasteiger partial charge on any atom is 0.415 e. The van der Waals surface area contributed by atoms with E-state index in [4.69, 9.17) is 9.47 Å². The lowest BCUT2D eigenvalue weighted by Gasteiger charge is -2.20. The highest BCUT2D eigenvalue weighted by atomic mass is 16.6. The van der Waals surface area contributed by atoms with Crippen molar-refractivity contribution in [3.8, 4) is 5.75 Å². The third kappa shape index (κ3) is 6.89. The van der Waals surface area contributed by atoms with Gasteiger partial charge in [0.05, 0.1) is 0 Å². The van der Waals surface area contributed by atoms with Crippen molar-refractivity contribution in [1.29, 1.82) is 0 Å². The van der Waals surface area contributed by atoms with Gasteiger partial charge in [-0.2, -0.15) is 0 Å². The Morgan fingerprint density at radius 2 is 1.83 bits per heavy atom. The zero-order valence-electron chi connectivity index (χ0n) is 15.0. The fraction of sp³-hybridized carbons (Fsp3) is 0.556. The highest BCUT2D eigenvalue weighted by Gasteiger charge is 2.15. The van der Waals surface area contributed by atoms with E-state index in [-0.39, 0.29) is 12.2 Å². The van der Waals surface area contributed by atoms with Crippen molar-refractivity contribution < 1.29 is 19.1 Å². The Kier molecular flexibility index (Phi) is 8.68. The Bertz CT molecular complexity index is 528. The summed E-state index contributed by atoms with van der Waals surface area (Å²) < 4.78 is 10.6. The second-order valence-electron chi connectivity index (χ2n) is 5.63. The van der Waals surface area contributed by atoms with Crippen LogP contribution in [-0.4, -0.2) is 36.3 Å². The molecular weight excluding hydrogens is 308 g/mol. The van der Waals surface area contributed by atoms with Gasteiger partial charge >= 0.3 is 12.2 Å². The maximum absolute atomic E-state index is 12.2. The van der Waals surface area contributed by atoms with Crippen molar-refractivity contribution in [3.05, 3.63) is 24.3 Å². The van der Waals surface area contributed by atoms with Crippen LogP contribution in [-0.2, 0) is 4.74 Å². The number of carbonyl (C=O) groups excluding carboxylic acids is 2. The summed E-state index contributed by atoms with van der Waals surface area (Å²) in [7, 11) is 0. The molecule has 0 aromatic heterocycles. The summed E-state index contributed by atoms with van der Waals surface area (Å²) in [6, 6.07) is 6.71. The van der Waals surface area contributed by atoms with Crippen molar-refractivity contribution in [2.45, 2.75) is 53.1 Å². The molecule has 0 fully saturated rings.